The molecule has 24 heavy (non-hydrogen) atoms. The summed E-state index contributed by atoms with van der Waals surface area (Å²) in [4.78, 5) is 25.1. The molecule has 0 heterocycles. The molecule has 4 aliphatic carbocycles. The molecule has 0 spiro atoms. The van der Waals surface area contributed by atoms with Crippen LogP contribution < -0.4 is 0 Å². The Morgan fingerprint density at radius 2 is 2.08 bits per heavy atom. The molecule has 3 saturated carbocycles. The lowest BCUT2D eigenvalue weighted by atomic mass is 9.46. The molecule has 4 rings (SSSR count). The largest absolute Gasteiger partial charge is 0.389 e. The Balaban J connectivity index is 1.77. The molecule has 132 valence electrons. The van der Waals surface area contributed by atoms with Crippen molar-refractivity contribution in [1.82, 2.24) is 0 Å². The van der Waals surface area contributed by atoms with E-state index in [9.17, 15) is 14.7 Å². The van der Waals surface area contributed by atoms with E-state index in [0.29, 0.717) is 25.7 Å². The quantitative estimate of drug-likeness (QED) is 0.836. The van der Waals surface area contributed by atoms with Gasteiger partial charge >= 0.3 is 0 Å². The van der Waals surface area contributed by atoms with E-state index >= 15 is 0 Å². The van der Waals surface area contributed by atoms with Gasteiger partial charge in [-0.3, -0.25) is 9.59 Å². The van der Waals surface area contributed by atoms with Crippen molar-refractivity contribution >= 4 is 11.6 Å². The average Bonchev–Trinajstić information content (AvgIpc) is 2.94. The average molecular weight is 338 g/mol. The number of hydrogen-bond donors (Lipinski definition) is 1. The summed E-state index contributed by atoms with van der Waals surface area (Å²) in [7, 11) is 0. The fraction of sp³-hybridized carbons (Fsp3) is 0.810. The molecule has 1 N–H and O–H groups in total. The molecule has 0 unspecified atom stereocenters. The van der Waals surface area contributed by atoms with Gasteiger partial charge in [0.25, 0.3) is 0 Å². The van der Waals surface area contributed by atoms with Gasteiger partial charge in [0.15, 0.2) is 11.6 Å². The minimum atomic E-state index is -2.90. The zero-order valence-corrected chi connectivity index (χ0v) is 14.3. The summed E-state index contributed by atoms with van der Waals surface area (Å²) in [6.45, 7) is 0.836. The molecule has 0 aromatic rings. The minimum absolute atomic E-state index is 0.0614. The molecule has 0 bridgehead atoms. The standard InChI is InChI=1S/C21H30O3/c1-20-9-7-14(23)11-13(20)3-4-15-16-5-6-18(19(24)12-22)21(16,2)10-8-17(15)20/h11,15-18,22H,3-10,12H2,1-2H3/t15-,16+,17-,18-,20+,21+/m1/s1/i3D2,7D2,11D,12D2. The second-order valence-electron chi connectivity index (χ2n) is 8.51. The normalized spacial score (nSPS) is 57.0. The third-order valence-electron chi connectivity index (χ3n) is 7.62. The maximum atomic E-state index is 12.7. The molecule has 0 aromatic carbocycles. The molecule has 0 amide bonds. The maximum absolute atomic E-state index is 12.7. The number of carbonyl (C=O) groups is 2. The highest BCUT2D eigenvalue weighted by atomic mass is 16.3. The van der Waals surface area contributed by atoms with Crippen molar-refractivity contribution in [2.45, 2.75) is 65.1 Å². The second-order valence-corrected chi connectivity index (χ2v) is 8.51. The lowest BCUT2D eigenvalue weighted by Gasteiger charge is -2.58. The Labute approximate surface area is 154 Å². The van der Waals surface area contributed by atoms with Crippen LogP contribution in [0.3, 0.4) is 0 Å². The van der Waals surface area contributed by atoms with Gasteiger partial charge in [-0.1, -0.05) is 19.4 Å². The Morgan fingerprint density at radius 1 is 1.29 bits per heavy atom. The fourth-order valence-corrected chi connectivity index (χ4v) is 6.31. The maximum Gasteiger partial charge on any atom is 0.161 e. The van der Waals surface area contributed by atoms with Crippen molar-refractivity contribution in [3.63, 3.8) is 0 Å². The number of aliphatic hydroxyl groups is 1. The summed E-state index contributed by atoms with van der Waals surface area (Å²) in [6, 6.07) is -0.525. The highest BCUT2D eigenvalue weighted by Crippen LogP contribution is 2.66. The van der Waals surface area contributed by atoms with Gasteiger partial charge in [-0.05, 0) is 79.5 Å². The monoisotopic (exact) mass is 337 g/mol. The Hall–Kier alpha value is -0.960. The Kier molecular flexibility index (Phi) is 2.36. The van der Waals surface area contributed by atoms with Gasteiger partial charge in [-0.25, -0.2) is 0 Å². The van der Waals surface area contributed by atoms with E-state index in [1.165, 1.54) is 0 Å². The Morgan fingerprint density at radius 3 is 2.83 bits per heavy atom. The van der Waals surface area contributed by atoms with E-state index in [-0.39, 0.29) is 36.2 Å². The molecule has 3 fully saturated rings. The summed E-state index contributed by atoms with van der Waals surface area (Å²) < 4.78 is 57.2. The van der Waals surface area contributed by atoms with Crippen LogP contribution >= 0.6 is 0 Å². The first-order valence-corrected chi connectivity index (χ1v) is 9.00. The van der Waals surface area contributed by atoms with Gasteiger partial charge in [-0.2, -0.15) is 0 Å². The molecule has 6 atom stereocenters. The summed E-state index contributed by atoms with van der Waals surface area (Å²) in [5.74, 6) is -2.74. The number of allylic oxidation sites excluding steroid dienone is 1. The van der Waals surface area contributed by atoms with Crippen LogP contribution in [0.2, 0.25) is 0 Å². The van der Waals surface area contributed by atoms with Crippen molar-refractivity contribution in [3.8, 4) is 0 Å². The van der Waals surface area contributed by atoms with E-state index < -0.39 is 53.7 Å². The molecular formula is C21H30O3. The molecule has 3 nitrogen and oxygen atoms in total. The number of rotatable bonds is 2. The van der Waals surface area contributed by atoms with Gasteiger partial charge in [0.2, 0.25) is 0 Å². The topological polar surface area (TPSA) is 54.4 Å². The highest BCUT2D eigenvalue weighted by Gasteiger charge is 2.59. The summed E-state index contributed by atoms with van der Waals surface area (Å²) in [5, 5.41) is 9.70. The molecule has 0 aliphatic heterocycles. The summed E-state index contributed by atoms with van der Waals surface area (Å²) in [5.41, 5.74) is -1.40. The van der Waals surface area contributed by atoms with Crippen molar-refractivity contribution in [1.29, 1.82) is 0 Å². The summed E-state index contributed by atoms with van der Waals surface area (Å²) >= 11 is 0. The molecule has 0 saturated heterocycles. The van der Waals surface area contributed by atoms with Crippen LogP contribution in [0.5, 0.6) is 0 Å². The molecule has 0 radical (unpaired) electrons. The number of hydrogen-bond acceptors (Lipinski definition) is 3. The number of ketones is 2. The van der Waals surface area contributed by atoms with Gasteiger partial charge < -0.3 is 5.11 Å². The zero-order valence-electron chi connectivity index (χ0n) is 21.3. The number of Topliss-reactive ketones (excluding diaryl/α,β-unsaturated/α-hetero) is 1. The van der Waals surface area contributed by atoms with Crippen molar-refractivity contribution in [3.05, 3.63) is 11.6 Å². The van der Waals surface area contributed by atoms with Crippen LogP contribution in [0.15, 0.2) is 11.6 Å². The van der Waals surface area contributed by atoms with Crippen molar-refractivity contribution < 1.29 is 24.3 Å². The lowest BCUT2D eigenvalue weighted by Crippen LogP contribution is -2.51. The van der Waals surface area contributed by atoms with Crippen LogP contribution in [0.1, 0.15) is 74.7 Å². The Bertz CT molecular complexity index is 877. The van der Waals surface area contributed by atoms with Gasteiger partial charge in [0.1, 0.15) is 6.56 Å². The van der Waals surface area contributed by atoms with E-state index in [0.717, 1.165) is 0 Å². The highest BCUT2D eigenvalue weighted by molar-refractivity contribution is 5.91. The van der Waals surface area contributed by atoms with Crippen LogP contribution in [0.4, 0.5) is 0 Å². The smallest absolute Gasteiger partial charge is 0.161 e. The van der Waals surface area contributed by atoms with E-state index in [1.54, 1.807) is 6.92 Å². The molecule has 4 aliphatic rings. The zero-order chi connectivity index (χ0) is 23.4. The first-order chi connectivity index (χ1) is 14.0. The van der Waals surface area contributed by atoms with E-state index in [1.807, 2.05) is 6.92 Å². The second kappa shape index (κ2) is 5.52. The predicted octanol–water partition coefficient (Wildman–Crippen LogP) is 3.70. The van der Waals surface area contributed by atoms with Crippen molar-refractivity contribution in [2.24, 2.45) is 34.5 Å². The van der Waals surface area contributed by atoms with Gasteiger partial charge in [0.05, 0.1) is 4.11 Å². The predicted molar refractivity (Wildman–Crippen MR) is 92.3 cm³/mol. The first-order valence-electron chi connectivity index (χ1n) is 12.5. The third kappa shape index (κ3) is 2.13. The lowest BCUT2D eigenvalue weighted by molar-refractivity contribution is -0.133. The van der Waals surface area contributed by atoms with E-state index in [4.69, 9.17) is 9.60 Å². The summed E-state index contributed by atoms with van der Waals surface area (Å²) in [6.07, 6.45) is -1.95. The van der Waals surface area contributed by atoms with E-state index in [2.05, 4.69) is 0 Å². The third-order valence-corrected chi connectivity index (χ3v) is 7.62. The van der Waals surface area contributed by atoms with Gasteiger partial charge in [0, 0.05) is 17.8 Å². The van der Waals surface area contributed by atoms with Crippen LogP contribution in [-0.4, -0.2) is 23.2 Å². The molecule has 0 aromatic heterocycles. The van der Waals surface area contributed by atoms with Crippen LogP contribution in [0, 0.1) is 34.5 Å². The number of fused-ring (bicyclic) bond motifs is 5. The van der Waals surface area contributed by atoms with Crippen LogP contribution in [0.25, 0.3) is 0 Å². The first kappa shape index (κ1) is 10.3. The van der Waals surface area contributed by atoms with Crippen molar-refractivity contribution in [2.75, 3.05) is 6.56 Å². The number of carbonyl (C=O) groups excluding carboxylic acids is 2. The SMILES string of the molecule is [2H]C1=C2C([2H])([2H])C[C@H]3[C@@H](CC[C@]4(C)[C@@H](C(=O)C([2H])([2H])O)CC[C@@H]34)[C@@]2(C)CC([2H])([2H])C1=O. The van der Waals surface area contributed by atoms with Gasteiger partial charge in [-0.15, -0.1) is 0 Å². The van der Waals surface area contributed by atoms with Crippen LogP contribution in [-0.2, 0) is 9.59 Å². The fourth-order valence-electron chi connectivity index (χ4n) is 6.31. The molecule has 3 heteroatoms. The minimum Gasteiger partial charge on any atom is -0.389 e. The molecular weight excluding hydrogens is 300 g/mol.